The predicted molar refractivity (Wildman–Crippen MR) is 73.6 cm³/mol. The monoisotopic (exact) mass is 246 g/mol. The smallest absolute Gasteiger partial charge is 0.230 e. The van der Waals surface area contributed by atoms with E-state index in [1.807, 2.05) is 32.0 Å². The van der Waals surface area contributed by atoms with Crippen LogP contribution >= 0.6 is 0 Å². The molecule has 0 aliphatic carbocycles. The lowest BCUT2D eigenvalue weighted by molar-refractivity contribution is -0.126. The van der Waals surface area contributed by atoms with Gasteiger partial charge in [-0.1, -0.05) is 24.3 Å². The SMILES string of the molecule is Cc1ccccc1C(C)(C)C(=O)NC1CCNC1. The van der Waals surface area contributed by atoms with Crippen LogP contribution in [0.4, 0.5) is 0 Å². The molecule has 0 spiro atoms. The molecule has 2 rings (SSSR count). The summed E-state index contributed by atoms with van der Waals surface area (Å²) in [4.78, 5) is 12.4. The van der Waals surface area contributed by atoms with Gasteiger partial charge in [0.15, 0.2) is 0 Å². The van der Waals surface area contributed by atoms with Gasteiger partial charge in [0, 0.05) is 12.6 Å². The van der Waals surface area contributed by atoms with Crippen molar-refractivity contribution in [3.05, 3.63) is 35.4 Å². The van der Waals surface area contributed by atoms with Gasteiger partial charge in [-0.25, -0.2) is 0 Å². The third-order valence-electron chi connectivity index (χ3n) is 3.78. The fourth-order valence-corrected chi connectivity index (χ4v) is 2.54. The Morgan fingerprint density at radius 1 is 1.39 bits per heavy atom. The molecule has 1 aromatic carbocycles. The molecular formula is C15H22N2O. The van der Waals surface area contributed by atoms with Crippen LogP contribution in [0.15, 0.2) is 24.3 Å². The van der Waals surface area contributed by atoms with Gasteiger partial charge in [0.25, 0.3) is 0 Å². The van der Waals surface area contributed by atoms with Crippen molar-refractivity contribution in [2.75, 3.05) is 13.1 Å². The number of carbonyl (C=O) groups is 1. The third kappa shape index (κ3) is 2.56. The molecule has 1 saturated heterocycles. The van der Waals surface area contributed by atoms with Crippen molar-refractivity contribution >= 4 is 5.91 Å². The zero-order valence-corrected chi connectivity index (χ0v) is 11.4. The summed E-state index contributed by atoms with van der Waals surface area (Å²) < 4.78 is 0. The molecule has 3 nitrogen and oxygen atoms in total. The van der Waals surface area contributed by atoms with Crippen molar-refractivity contribution in [2.45, 2.75) is 38.6 Å². The Kier molecular flexibility index (Phi) is 3.71. The van der Waals surface area contributed by atoms with E-state index in [1.54, 1.807) is 0 Å². The van der Waals surface area contributed by atoms with Gasteiger partial charge in [-0.15, -0.1) is 0 Å². The van der Waals surface area contributed by atoms with Crippen LogP contribution in [0.1, 0.15) is 31.4 Å². The van der Waals surface area contributed by atoms with E-state index in [2.05, 4.69) is 23.6 Å². The highest BCUT2D eigenvalue weighted by atomic mass is 16.2. The lowest BCUT2D eigenvalue weighted by Gasteiger charge is -2.27. The summed E-state index contributed by atoms with van der Waals surface area (Å²) in [6, 6.07) is 8.38. The fraction of sp³-hybridized carbons (Fsp3) is 0.533. The third-order valence-corrected chi connectivity index (χ3v) is 3.78. The quantitative estimate of drug-likeness (QED) is 0.853. The average Bonchev–Trinajstić information content (AvgIpc) is 2.82. The van der Waals surface area contributed by atoms with Crippen molar-refractivity contribution in [1.82, 2.24) is 10.6 Å². The number of benzene rings is 1. The summed E-state index contributed by atoms with van der Waals surface area (Å²) in [6.07, 6.45) is 1.02. The van der Waals surface area contributed by atoms with Crippen LogP contribution in [0.2, 0.25) is 0 Å². The number of nitrogens with one attached hydrogen (secondary N) is 2. The lowest BCUT2D eigenvalue weighted by atomic mass is 9.81. The van der Waals surface area contributed by atoms with E-state index in [4.69, 9.17) is 0 Å². The maximum absolute atomic E-state index is 12.4. The first-order chi connectivity index (χ1) is 8.51. The maximum atomic E-state index is 12.4. The summed E-state index contributed by atoms with van der Waals surface area (Å²) >= 11 is 0. The minimum Gasteiger partial charge on any atom is -0.351 e. The van der Waals surface area contributed by atoms with Gasteiger partial charge in [-0.3, -0.25) is 4.79 Å². The summed E-state index contributed by atoms with van der Waals surface area (Å²) in [6.45, 7) is 7.92. The number of aryl methyl sites for hydroxylation is 1. The van der Waals surface area contributed by atoms with E-state index in [0.717, 1.165) is 25.1 Å². The highest BCUT2D eigenvalue weighted by Crippen LogP contribution is 2.26. The van der Waals surface area contributed by atoms with Crippen LogP contribution in [0.5, 0.6) is 0 Å². The molecule has 0 saturated carbocycles. The fourth-order valence-electron chi connectivity index (χ4n) is 2.54. The van der Waals surface area contributed by atoms with Gasteiger partial charge >= 0.3 is 0 Å². The van der Waals surface area contributed by atoms with E-state index >= 15 is 0 Å². The summed E-state index contributed by atoms with van der Waals surface area (Å²) in [7, 11) is 0. The van der Waals surface area contributed by atoms with E-state index in [1.165, 1.54) is 5.56 Å². The van der Waals surface area contributed by atoms with Crippen molar-refractivity contribution in [1.29, 1.82) is 0 Å². The molecule has 1 heterocycles. The molecule has 2 N–H and O–H groups in total. The van der Waals surface area contributed by atoms with Gasteiger partial charge in [0.1, 0.15) is 0 Å². The number of hydrogen-bond donors (Lipinski definition) is 2. The summed E-state index contributed by atoms with van der Waals surface area (Å²) in [5.74, 6) is 0.116. The topological polar surface area (TPSA) is 41.1 Å². The molecule has 1 atom stereocenters. The molecule has 1 aliphatic heterocycles. The second-order valence-electron chi connectivity index (χ2n) is 5.60. The van der Waals surface area contributed by atoms with Crippen molar-refractivity contribution in [3.8, 4) is 0 Å². The maximum Gasteiger partial charge on any atom is 0.230 e. The Hall–Kier alpha value is -1.35. The van der Waals surface area contributed by atoms with Gasteiger partial charge < -0.3 is 10.6 Å². The van der Waals surface area contributed by atoms with Crippen molar-refractivity contribution < 1.29 is 4.79 Å². The largest absolute Gasteiger partial charge is 0.351 e. The molecule has 0 bridgehead atoms. The van der Waals surface area contributed by atoms with E-state index in [9.17, 15) is 4.79 Å². The zero-order chi connectivity index (χ0) is 13.2. The van der Waals surface area contributed by atoms with Crippen molar-refractivity contribution in [2.24, 2.45) is 0 Å². The van der Waals surface area contributed by atoms with E-state index in [0.29, 0.717) is 0 Å². The van der Waals surface area contributed by atoms with E-state index in [-0.39, 0.29) is 11.9 Å². The molecule has 1 amide bonds. The molecule has 98 valence electrons. The molecule has 0 radical (unpaired) electrons. The number of carbonyl (C=O) groups excluding carboxylic acids is 1. The minimum absolute atomic E-state index is 0.116. The Balaban J connectivity index is 2.14. The van der Waals surface area contributed by atoms with Crippen LogP contribution in [0, 0.1) is 6.92 Å². The molecule has 1 aliphatic rings. The highest BCUT2D eigenvalue weighted by molar-refractivity contribution is 5.88. The van der Waals surface area contributed by atoms with Crippen LogP contribution in [0.25, 0.3) is 0 Å². The first kappa shape index (κ1) is 13.1. The standard InChI is InChI=1S/C15H22N2O/c1-11-6-4-5-7-13(11)15(2,3)14(18)17-12-8-9-16-10-12/h4-7,12,16H,8-10H2,1-3H3,(H,17,18). The van der Waals surface area contributed by atoms with Gasteiger partial charge in [-0.2, -0.15) is 0 Å². The average molecular weight is 246 g/mol. The molecule has 1 fully saturated rings. The summed E-state index contributed by atoms with van der Waals surface area (Å²) in [5, 5.41) is 6.41. The molecule has 18 heavy (non-hydrogen) atoms. The Morgan fingerprint density at radius 2 is 2.11 bits per heavy atom. The second-order valence-corrected chi connectivity index (χ2v) is 5.60. The number of rotatable bonds is 3. The van der Waals surface area contributed by atoms with E-state index < -0.39 is 5.41 Å². The molecule has 3 heteroatoms. The van der Waals surface area contributed by atoms with Gasteiger partial charge in [0.05, 0.1) is 5.41 Å². The zero-order valence-electron chi connectivity index (χ0n) is 11.4. The second kappa shape index (κ2) is 5.11. The van der Waals surface area contributed by atoms with Gasteiger partial charge in [0.2, 0.25) is 5.91 Å². The Morgan fingerprint density at radius 3 is 2.72 bits per heavy atom. The number of hydrogen-bond acceptors (Lipinski definition) is 2. The molecule has 1 aromatic rings. The molecule has 1 unspecified atom stereocenters. The first-order valence-corrected chi connectivity index (χ1v) is 6.59. The first-order valence-electron chi connectivity index (χ1n) is 6.59. The van der Waals surface area contributed by atoms with Crippen LogP contribution < -0.4 is 10.6 Å². The minimum atomic E-state index is -0.478. The summed E-state index contributed by atoms with van der Waals surface area (Å²) in [5.41, 5.74) is 1.80. The Labute approximate surface area is 109 Å². The molecule has 0 aromatic heterocycles. The Bertz CT molecular complexity index is 434. The van der Waals surface area contributed by atoms with Crippen molar-refractivity contribution in [3.63, 3.8) is 0 Å². The lowest BCUT2D eigenvalue weighted by Crippen LogP contribution is -2.46. The number of amides is 1. The van der Waals surface area contributed by atoms with Crippen LogP contribution in [-0.4, -0.2) is 25.0 Å². The van der Waals surface area contributed by atoms with Crippen LogP contribution in [0.3, 0.4) is 0 Å². The van der Waals surface area contributed by atoms with Crippen LogP contribution in [-0.2, 0) is 10.2 Å². The normalized spacial score (nSPS) is 19.8. The highest BCUT2D eigenvalue weighted by Gasteiger charge is 2.32. The molecular weight excluding hydrogens is 224 g/mol. The predicted octanol–water partition coefficient (Wildman–Crippen LogP) is 1.75. The van der Waals surface area contributed by atoms with Gasteiger partial charge in [-0.05, 0) is 44.9 Å².